The minimum Gasteiger partial charge on any atom is -0.106 e. The fraction of sp³-hybridized carbons (Fsp3) is 0.200. The summed E-state index contributed by atoms with van der Waals surface area (Å²) in [6.07, 6.45) is 2.11. The topological polar surface area (TPSA) is 0 Å². The van der Waals surface area contributed by atoms with Gasteiger partial charge in [0.15, 0.2) is 8.07 Å². The first-order valence-corrected chi connectivity index (χ1v) is 5.94. The van der Waals surface area contributed by atoms with Gasteiger partial charge in [0.1, 0.15) is 0 Å². The molecule has 0 spiro atoms. The van der Waals surface area contributed by atoms with Crippen molar-refractivity contribution in [2.24, 2.45) is 0 Å². The van der Waals surface area contributed by atoms with Crippen LogP contribution in [0.3, 0.4) is 0 Å². The molecule has 0 N–H and O–H groups in total. The van der Waals surface area contributed by atoms with Crippen molar-refractivity contribution in [3.8, 4) is 0 Å². The zero-order chi connectivity index (χ0) is 8.91. The van der Waals surface area contributed by atoms with Crippen molar-refractivity contribution in [3.63, 3.8) is 0 Å². The minimum atomic E-state index is -1.67. The molecule has 0 aliphatic rings. The molecule has 60 valence electrons. The van der Waals surface area contributed by atoms with Gasteiger partial charge in [-0.1, -0.05) is 28.4 Å². The summed E-state index contributed by atoms with van der Waals surface area (Å²) in [5.74, 6) is 0. The predicted molar refractivity (Wildman–Crippen MR) is 55.8 cm³/mol. The van der Waals surface area contributed by atoms with Crippen LogP contribution in [-0.2, 0) is 0 Å². The van der Waals surface area contributed by atoms with Gasteiger partial charge in [0.25, 0.3) is 0 Å². The summed E-state index contributed by atoms with van der Waals surface area (Å²) in [6.45, 7) is 15.6. The maximum absolute atomic E-state index is 3.82. The second-order valence-electron chi connectivity index (χ2n) is 2.52. The molecule has 0 radical (unpaired) electrons. The van der Waals surface area contributed by atoms with E-state index in [9.17, 15) is 0 Å². The quantitative estimate of drug-likeness (QED) is 0.560. The second kappa shape index (κ2) is 4.14. The first kappa shape index (κ1) is 10.2. The molecule has 0 bridgehead atoms. The molecule has 1 heteroatoms. The first-order valence-electron chi connectivity index (χ1n) is 3.71. The van der Waals surface area contributed by atoms with Gasteiger partial charge in [-0.25, -0.2) is 0 Å². The summed E-state index contributed by atoms with van der Waals surface area (Å²) >= 11 is 0. The van der Waals surface area contributed by atoms with Crippen LogP contribution < -0.4 is 0 Å². The van der Waals surface area contributed by atoms with Crippen molar-refractivity contribution in [1.82, 2.24) is 0 Å². The van der Waals surface area contributed by atoms with Crippen LogP contribution in [0.5, 0.6) is 0 Å². The van der Waals surface area contributed by atoms with Crippen LogP contribution in [0.4, 0.5) is 0 Å². The lowest BCUT2D eigenvalue weighted by molar-refractivity contribution is 1.54. The fourth-order valence-corrected chi connectivity index (χ4v) is 2.95. The lowest BCUT2D eigenvalue weighted by atomic mass is 10.6. The molecule has 0 aromatic carbocycles. The molecule has 0 aliphatic carbocycles. The Balaban J connectivity index is 4.98. The van der Waals surface area contributed by atoms with Crippen LogP contribution >= 0.6 is 0 Å². The van der Waals surface area contributed by atoms with Crippen LogP contribution in [0.25, 0.3) is 0 Å². The molecule has 0 aromatic heterocycles. The molecule has 0 fully saturated rings. The third-order valence-electron chi connectivity index (χ3n) is 2.13. The number of hydrogen-bond donors (Lipinski definition) is 0. The van der Waals surface area contributed by atoms with Crippen molar-refractivity contribution in [3.05, 3.63) is 48.1 Å². The molecule has 0 nitrogen and oxygen atoms in total. The normalized spacial score (nSPS) is 12.4. The molecule has 0 amide bonds. The van der Waals surface area contributed by atoms with E-state index in [0.29, 0.717) is 0 Å². The lowest BCUT2D eigenvalue weighted by Gasteiger charge is -2.20. The Bertz CT molecular complexity index is 177. The van der Waals surface area contributed by atoms with E-state index in [0.717, 1.165) is 0 Å². The van der Waals surface area contributed by atoms with Gasteiger partial charge < -0.3 is 0 Å². The Morgan fingerprint density at radius 1 is 1.09 bits per heavy atom. The van der Waals surface area contributed by atoms with E-state index in [-0.39, 0.29) is 0 Å². The van der Waals surface area contributed by atoms with Crippen LogP contribution in [0.15, 0.2) is 48.1 Å². The Kier molecular flexibility index (Phi) is 3.83. The lowest BCUT2D eigenvalue weighted by Crippen LogP contribution is -2.28. The van der Waals surface area contributed by atoms with Gasteiger partial charge in [-0.05, 0) is 13.8 Å². The van der Waals surface area contributed by atoms with Crippen LogP contribution in [0, 0.1) is 0 Å². The van der Waals surface area contributed by atoms with Gasteiger partial charge in [0, 0.05) is 0 Å². The van der Waals surface area contributed by atoms with Crippen molar-refractivity contribution in [2.75, 3.05) is 0 Å². The van der Waals surface area contributed by atoms with Gasteiger partial charge in [-0.3, -0.25) is 0 Å². The van der Waals surface area contributed by atoms with E-state index < -0.39 is 8.07 Å². The van der Waals surface area contributed by atoms with E-state index in [1.807, 2.05) is 24.0 Å². The molecule has 0 unspecified atom stereocenters. The van der Waals surface area contributed by atoms with Gasteiger partial charge in [-0.15, -0.1) is 19.7 Å². The molecular weight excluding hydrogens is 148 g/mol. The zero-order valence-electron chi connectivity index (χ0n) is 7.43. The van der Waals surface area contributed by atoms with Gasteiger partial charge in [0.05, 0.1) is 0 Å². The maximum atomic E-state index is 3.82. The molecule has 0 aromatic rings. The summed E-state index contributed by atoms with van der Waals surface area (Å²) in [7, 11) is -1.67. The monoisotopic (exact) mass is 164 g/mol. The van der Waals surface area contributed by atoms with E-state index in [4.69, 9.17) is 0 Å². The SMILES string of the molecule is C=C[Si](C=C)(C=C)/C(C)=C/C. The van der Waals surface area contributed by atoms with E-state index >= 15 is 0 Å². The van der Waals surface area contributed by atoms with E-state index in [2.05, 4.69) is 32.7 Å². The van der Waals surface area contributed by atoms with E-state index in [1.165, 1.54) is 5.20 Å². The molecular formula is C10H16Si. The Hall–Kier alpha value is -0.823. The molecule has 0 aliphatic heterocycles. The molecule has 0 atom stereocenters. The molecule has 0 saturated carbocycles. The summed E-state index contributed by atoms with van der Waals surface area (Å²) in [6, 6.07) is 0. The molecule has 0 saturated heterocycles. The van der Waals surface area contributed by atoms with Crippen molar-refractivity contribution in [1.29, 1.82) is 0 Å². The third-order valence-corrected chi connectivity index (χ3v) is 5.81. The minimum absolute atomic E-state index is 1.34. The van der Waals surface area contributed by atoms with Crippen LogP contribution in [0.1, 0.15) is 13.8 Å². The van der Waals surface area contributed by atoms with Gasteiger partial charge in [0.2, 0.25) is 0 Å². The summed E-state index contributed by atoms with van der Waals surface area (Å²) in [4.78, 5) is 0. The number of allylic oxidation sites excluding steroid dienone is 2. The van der Waals surface area contributed by atoms with Crippen LogP contribution in [-0.4, -0.2) is 8.07 Å². The second-order valence-corrected chi connectivity index (χ2v) is 6.40. The fourth-order valence-electron chi connectivity index (χ4n) is 0.983. The molecule has 0 rings (SSSR count). The Morgan fingerprint density at radius 2 is 1.45 bits per heavy atom. The highest BCUT2D eigenvalue weighted by molar-refractivity contribution is 6.98. The summed E-state index contributed by atoms with van der Waals surface area (Å²) in [5.41, 5.74) is 5.97. The summed E-state index contributed by atoms with van der Waals surface area (Å²) < 4.78 is 0. The highest BCUT2D eigenvalue weighted by Crippen LogP contribution is 2.17. The number of rotatable bonds is 4. The molecule has 0 heterocycles. The smallest absolute Gasteiger partial charge is 0.106 e. The standard InChI is InChI=1S/C10H16Si/c1-6-10(5)11(7-2,8-3)9-4/h6-9H,2-4H2,1,5H3/b10-6+. The van der Waals surface area contributed by atoms with Crippen molar-refractivity contribution in [2.45, 2.75) is 13.8 Å². The van der Waals surface area contributed by atoms with Crippen molar-refractivity contribution >= 4 is 8.07 Å². The zero-order valence-corrected chi connectivity index (χ0v) is 8.43. The Morgan fingerprint density at radius 3 is 1.55 bits per heavy atom. The number of hydrogen-bond acceptors (Lipinski definition) is 0. The highest BCUT2D eigenvalue weighted by Gasteiger charge is 2.22. The van der Waals surface area contributed by atoms with Gasteiger partial charge in [-0.2, -0.15) is 0 Å². The van der Waals surface area contributed by atoms with Crippen LogP contribution in [0.2, 0.25) is 0 Å². The maximum Gasteiger partial charge on any atom is 0.151 e. The third kappa shape index (κ3) is 1.81. The van der Waals surface area contributed by atoms with Crippen molar-refractivity contribution < 1.29 is 0 Å². The largest absolute Gasteiger partial charge is 0.151 e. The molecule has 11 heavy (non-hydrogen) atoms. The summed E-state index contributed by atoms with van der Waals surface area (Å²) in [5, 5.41) is 1.34. The average molecular weight is 164 g/mol. The van der Waals surface area contributed by atoms with E-state index in [1.54, 1.807) is 0 Å². The highest BCUT2D eigenvalue weighted by atomic mass is 28.3. The Labute approximate surface area is 70.6 Å². The average Bonchev–Trinajstić information content (AvgIpc) is 2.08. The predicted octanol–water partition coefficient (Wildman–Crippen LogP) is 3.12. The van der Waals surface area contributed by atoms with Gasteiger partial charge >= 0.3 is 0 Å². The first-order chi connectivity index (χ1) is 5.16.